The zero-order chi connectivity index (χ0) is 19.2. The van der Waals surface area contributed by atoms with E-state index in [0.717, 1.165) is 0 Å². The van der Waals surface area contributed by atoms with E-state index in [-0.39, 0.29) is 16.3 Å². The van der Waals surface area contributed by atoms with Crippen LogP contribution in [0.2, 0.25) is 0 Å². The predicted molar refractivity (Wildman–Crippen MR) is 119 cm³/mol. The number of hydrogen-bond acceptors (Lipinski definition) is 0. The molecular formula is C26H29S+. The van der Waals surface area contributed by atoms with Gasteiger partial charge in [-0.25, -0.2) is 0 Å². The van der Waals surface area contributed by atoms with Gasteiger partial charge in [-0.15, -0.1) is 0 Å². The first kappa shape index (κ1) is 18.4. The average molecular weight is 374 g/mol. The number of benzene rings is 3. The maximum atomic E-state index is 2.41. The Balaban J connectivity index is 1.84. The lowest BCUT2D eigenvalue weighted by Gasteiger charge is -2.21. The Labute approximate surface area is 167 Å². The van der Waals surface area contributed by atoms with Crippen LogP contribution >= 0.6 is 0 Å². The SMILES string of the molecule is Cc1ccccc1C1c2ccccc2C(C)[S+]1c1ccc(C(C)(C)C)cc1. The molecule has 0 radical (unpaired) electrons. The van der Waals surface area contributed by atoms with Gasteiger partial charge in [-0.2, -0.15) is 0 Å². The molecule has 0 aromatic heterocycles. The molecular weight excluding hydrogens is 344 g/mol. The molecule has 27 heavy (non-hydrogen) atoms. The van der Waals surface area contributed by atoms with E-state index >= 15 is 0 Å². The lowest BCUT2D eigenvalue weighted by molar-refractivity contribution is 0.589. The molecule has 0 saturated carbocycles. The summed E-state index contributed by atoms with van der Waals surface area (Å²) in [6.07, 6.45) is 0. The van der Waals surface area contributed by atoms with Crippen molar-refractivity contribution < 1.29 is 0 Å². The molecule has 1 heterocycles. The van der Waals surface area contributed by atoms with E-state index in [1.807, 2.05) is 0 Å². The normalized spacial score (nSPS) is 21.9. The van der Waals surface area contributed by atoms with Gasteiger partial charge >= 0.3 is 0 Å². The third-order valence-electron chi connectivity index (χ3n) is 5.81. The first-order valence-corrected chi connectivity index (χ1v) is 11.2. The van der Waals surface area contributed by atoms with Crippen LogP contribution in [0.3, 0.4) is 0 Å². The van der Waals surface area contributed by atoms with Crippen molar-refractivity contribution in [2.24, 2.45) is 0 Å². The van der Waals surface area contributed by atoms with E-state index in [9.17, 15) is 0 Å². The van der Waals surface area contributed by atoms with Gasteiger partial charge in [-0.3, -0.25) is 0 Å². The molecule has 1 aliphatic rings. The van der Waals surface area contributed by atoms with E-state index in [0.29, 0.717) is 10.5 Å². The quantitative estimate of drug-likeness (QED) is 0.419. The molecule has 0 fully saturated rings. The van der Waals surface area contributed by atoms with Crippen molar-refractivity contribution in [2.75, 3.05) is 0 Å². The maximum Gasteiger partial charge on any atom is 0.175 e. The summed E-state index contributed by atoms with van der Waals surface area (Å²) >= 11 is 0. The van der Waals surface area contributed by atoms with Crippen LogP contribution in [0.5, 0.6) is 0 Å². The Morgan fingerprint density at radius 1 is 0.704 bits per heavy atom. The zero-order valence-corrected chi connectivity index (χ0v) is 17.8. The average Bonchev–Trinajstić information content (AvgIpc) is 2.94. The molecule has 3 atom stereocenters. The monoisotopic (exact) mass is 373 g/mol. The molecule has 0 amide bonds. The summed E-state index contributed by atoms with van der Waals surface area (Å²) < 4.78 is 0. The van der Waals surface area contributed by atoms with Crippen LogP contribution in [-0.4, -0.2) is 0 Å². The molecule has 0 N–H and O–H groups in total. The first-order chi connectivity index (χ1) is 12.9. The molecule has 0 bridgehead atoms. The van der Waals surface area contributed by atoms with E-state index in [4.69, 9.17) is 0 Å². The second-order valence-corrected chi connectivity index (χ2v) is 11.0. The van der Waals surface area contributed by atoms with Crippen LogP contribution in [0, 0.1) is 6.92 Å². The van der Waals surface area contributed by atoms with Gasteiger partial charge < -0.3 is 0 Å². The van der Waals surface area contributed by atoms with Gasteiger partial charge in [0.15, 0.2) is 10.1 Å². The van der Waals surface area contributed by atoms with Crippen molar-refractivity contribution in [2.45, 2.75) is 55.4 Å². The van der Waals surface area contributed by atoms with Crippen LogP contribution < -0.4 is 0 Å². The zero-order valence-electron chi connectivity index (χ0n) is 17.0. The molecule has 3 unspecified atom stereocenters. The minimum Gasteiger partial charge on any atom is -0.0620 e. The van der Waals surface area contributed by atoms with Gasteiger partial charge in [0.1, 0.15) is 5.25 Å². The molecule has 138 valence electrons. The van der Waals surface area contributed by atoms with Crippen molar-refractivity contribution in [1.82, 2.24) is 0 Å². The van der Waals surface area contributed by atoms with Gasteiger partial charge in [-0.05, 0) is 42.5 Å². The Bertz CT molecular complexity index is 946. The van der Waals surface area contributed by atoms with Crippen LogP contribution in [0.1, 0.15) is 66.0 Å². The Hall–Kier alpha value is -1.99. The summed E-state index contributed by atoms with van der Waals surface area (Å²) in [6, 6.07) is 27.5. The topological polar surface area (TPSA) is 0 Å². The fraction of sp³-hybridized carbons (Fsp3) is 0.308. The summed E-state index contributed by atoms with van der Waals surface area (Å²) in [5.41, 5.74) is 7.53. The number of rotatable bonds is 2. The molecule has 3 aromatic carbocycles. The van der Waals surface area contributed by atoms with Crippen molar-refractivity contribution in [1.29, 1.82) is 0 Å². The van der Waals surface area contributed by atoms with Gasteiger partial charge in [0.05, 0.1) is 0 Å². The number of hydrogen-bond donors (Lipinski definition) is 0. The maximum absolute atomic E-state index is 2.41. The Morgan fingerprint density at radius 2 is 1.26 bits per heavy atom. The summed E-state index contributed by atoms with van der Waals surface area (Å²) in [6.45, 7) is 11.5. The lowest BCUT2D eigenvalue weighted by atomic mass is 9.87. The standard InChI is InChI=1S/C26H29S/c1-18-10-6-7-11-22(18)25-24-13-9-8-12-23(24)19(2)27(25)21-16-14-20(15-17-21)26(3,4)5/h6-17,19,25H,1-5H3/q+1. The van der Waals surface area contributed by atoms with Crippen LogP contribution in [0.15, 0.2) is 77.7 Å². The van der Waals surface area contributed by atoms with E-state index < -0.39 is 0 Å². The van der Waals surface area contributed by atoms with Crippen molar-refractivity contribution >= 4 is 10.9 Å². The van der Waals surface area contributed by atoms with Crippen molar-refractivity contribution in [3.63, 3.8) is 0 Å². The lowest BCUT2D eigenvalue weighted by Crippen LogP contribution is -2.15. The van der Waals surface area contributed by atoms with Crippen LogP contribution in [0.25, 0.3) is 0 Å². The van der Waals surface area contributed by atoms with Crippen LogP contribution in [0.4, 0.5) is 0 Å². The number of aryl methyl sites for hydroxylation is 1. The Morgan fingerprint density at radius 3 is 1.85 bits per heavy atom. The van der Waals surface area contributed by atoms with E-state index in [1.165, 1.54) is 32.7 Å². The van der Waals surface area contributed by atoms with Crippen molar-refractivity contribution in [3.8, 4) is 0 Å². The molecule has 0 spiro atoms. The third-order valence-corrected chi connectivity index (χ3v) is 8.66. The van der Waals surface area contributed by atoms with E-state index in [2.05, 4.69) is 107 Å². The largest absolute Gasteiger partial charge is 0.175 e. The van der Waals surface area contributed by atoms with E-state index in [1.54, 1.807) is 0 Å². The van der Waals surface area contributed by atoms with Gasteiger partial charge in [0.25, 0.3) is 0 Å². The highest BCUT2D eigenvalue weighted by atomic mass is 32.2. The molecule has 1 aliphatic heterocycles. The fourth-order valence-electron chi connectivity index (χ4n) is 4.24. The second-order valence-electron chi connectivity index (χ2n) is 8.65. The molecule has 3 aromatic rings. The summed E-state index contributed by atoms with van der Waals surface area (Å²) in [4.78, 5) is 1.49. The molecule has 0 saturated heterocycles. The van der Waals surface area contributed by atoms with Gasteiger partial charge in [0.2, 0.25) is 0 Å². The predicted octanol–water partition coefficient (Wildman–Crippen LogP) is 7.13. The molecule has 0 aliphatic carbocycles. The highest BCUT2D eigenvalue weighted by molar-refractivity contribution is 7.97. The summed E-state index contributed by atoms with van der Waals surface area (Å²) in [5.74, 6) is 0. The highest BCUT2D eigenvalue weighted by Gasteiger charge is 2.49. The summed E-state index contributed by atoms with van der Waals surface area (Å²) in [7, 11) is 0.134. The second kappa shape index (κ2) is 6.87. The summed E-state index contributed by atoms with van der Waals surface area (Å²) in [5, 5.41) is 1.00. The third kappa shape index (κ3) is 3.23. The van der Waals surface area contributed by atoms with Crippen LogP contribution in [-0.2, 0) is 16.3 Å². The molecule has 4 rings (SSSR count). The molecule has 1 heteroatoms. The minimum absolute atomic E-state index is 0.134. The smallest absolute Gasteiger partial charge is 0.0620 e. The highest BCUT2D eigenvalue weighted by Crippen LogP contribution is 2.53. The number of fused-ring (bicyclic) bond motifs is 1. The Kier molecular flexibility index (Phi) is 4.68. The fourth-order valence-corrected chi connectivity index (χ4v) is 7.29. The molecule has 0 nitrogen and oxygen atoms in total. The van der Waals surface area contributed by atoms with Gasteiger partial charge in [0, 0.05) is 27.6 Å². The van der Waals surface area contributed by atoms with Gasteiger partial charge in [-0.1, -0.05) is 81.4 Å². The van der Waals surface area contributed by atoms with Crippen molar-refractivity contribution in [3.05, 3.63) is 101 Å². The first-order valence-electron chi connectivity index (χ1n) is 9.84. The minimum atomic E-state index is 0.134.